The van der Waals surface area contributed by atoms with Crippen LogP contribution in [0, 0.1) is 12.8 Å². The topological polar surface area (TPSA) is 75.7 Å². The molecule has 2 aromatic rings. The Hall–Kier alpha value is -2.38. The van der Waals surface area contributed by atoms with E-state index in [-0.39, 0.29) is 18.9 Å². The third kappa shape index (κ3) is 4.91. The maximum Gasteiger partial charge on any atom is 0.311 e. The minimum Gasteiger partial charge on any atom is -0.455 e. The number of amides is 2. The average molecular weight is 466 g/mol. The van der Waals surface area contributed by atoms with Gasteiger partial charge in [0.2, 0.25) is 5.91 Å². The van der Waals surface area contributed by atoms with E-state index in [2.05, 4.69) is 21.2 Å². The minimum absolute atomic E-state index is 0.0596. The Morgan fingerprint density at radius 3 is 2.64 bits per heavy atom. The number of benzene rings is 2. The van der Waals surface area contributed by atoms with Gasteiger partial charge >= 0.3 is 5.97 Å². The molecule has 3 rings (SSSR count). The smallest absolute Gasteiger partial charge is 0.311 e. The fourth-order valence-electron chi connectivity index (χ4n) is 2.86. The van der Waals surface area contributed by atoms with Gasteiger partial charge in [-0.05, 0) is 48.9 Å². The van der Waals surface area contributed by atoms with E-state index in [0.29, 0.717) is 10.7 Å². The second kappa shape index (κ2) is 8.75. The molecular formula is C20H18BrClN2O4. The number of nitrogens with one attached hydrogen (secondary N) is 1. The molecule has 0 aromatic heterocycles. The summed E-state index contributed by atoms with van der Waals surface area (Å²) in [5.74, 6) is -1.78. The van der Waals surface area contributed by atoms with Gasteiger partial charge in [0.1, 0.15) is 0 Å². The number of esters is 1. The lowest BCUT2D eigenvalue weighted by Crippen LogP contribution is -2.28. The summed E-state index contributed by atoms with van der Waals surface area (Å²) in [5, 5.41) is 3.16. The molecule has 1 heterocycles. The summed E-state index contributed by atoms with van der Waals surface area (Å²) in [4.78, 5) is 38.0. The molecule has 0 spiro atoms. The Morgan fingerprint density at radius 2 is 1.96 bits per heavy atom. The van der Waals surface area contributed by atoms with Crippen molar-refractivity contribution in [2.45, 2.75) is 13.3 Å². The summed E-state index contributed by atoms with van der Waals surface area (Å²) in [7, 11) is 0. The molecule has 6 nitrogen and oxygen atoms in total. The highest BCUT2D eigenvalue weighted by Crippen LogP contribution is 2.27. The van der Waals surface area contributed by atoms with E-state index in [1.807, 2.05) is 19.1 Å². The van der Waals surface area contributed by atoms with Gasteiger partial charge in [0, 0.05) is 33.8 Å². The molecule has 8 heteroatoms. The zero-order valence-corrected chi connectivity index (χ0v) is 17.4. The molecule has 1 saturated heterocycles. The molecule has 1 aliphatic rings. The quantitative estimate of drug-likeness (QED) is 0.679. The van der Waals surface area contributed by atoms with E-state index < -0.39 is 24.4 Å². The van der Waals surface area contributed by atoms with Gasteiger partial charge < -0.3 is 15.0 Å². The largest absolute Gasteiger partial charge is 0.455 e. The number of halogens is 2. The fourth-order valence-corrected chi connectivity index (χ4v) is 3.30. The highest BCUT2D eigenvalue weighted by molar-refractivity contribution is 9.10. The molecule has 0 saturated carbocycles. The summed E-state index contributed by atoms with van der Waals surface area (Å²) in [6, 6.07) is 12.4. The van der Waals surface area contributed by atoms with Crippen LogP contribution in [0.25, 0.3) is 0 Å². The van der Waals surface area contributed by atoms with Crippen LogP contribution >= 0.6 is 27.5 Å². The molecule has 0 radical (unpaired) electrons. The first kappa shape index (κ1) is 20.4. The van der Waals surface area contributed by atoms with Crippen LogP contribution in [0.3, 0.4) is 0 Å². The lowest BCUT2D eigenvalue weighted by Gasteiger charge is -2.16. The monoisotopic (exact) mass is 464 g/mol. The SMILES string of the molecule is Cc1ccc(NC(=O)COC(=O)[C@@H]2CC(=O)N(c3ccc(Br)cc3)C2)cc1Cl. The number of carbonyl (C=O) groups is 3. The molecule has 0 aliphatic carbocycles. The van der Waals surface area contributed by atoms with Crippen molar-refractivity contribution >= 4 is 56.7 Å². The summed E-state index contributed by atoms with van der Waals surface area (Å²) in [5.41, 5.74) is 2.14. The number of hydrogen-bond acceptors (Lipinski definition) is 4. The summed E-state index contributed by atoms with van der Waals surface area (Å²) >= 11 is 9.37. The Balaban J connectivity index is 1.52. The zero-order chi connectivity index (χ0) is 20.3. The Labute approximate surface area is 175 Å². The van der Waals surface area contributed by atoms with Crippen molar-refractivity contribution in [3.63, 3.8) is 0 Å². The van der Waals surface area contributed by atoms with Gasteiger partial charge in [0.05, 0.1) is 5.92 Å². The van der Waals surface area contributed by atoms with Crippen molar-refractivity contribution in [2.24, 2.45) is 5.92 Å². The number of hydrogen-bond donors (Lipinski definition) is 1. The lowest BCUT2D eigenvalue weighted by molar-refractivity contribution is -0.151. The summed E-state index contributed by atoms with van der Waals surface area (Å²) in [6.45, 7) is 1.66. The number of rotatable bonds is 5. The van der Waals surface area contributed by atoms with Crippen LogP contribution in [-0.2, 0) is 19.1 Å². The average Bonchev–Trinajstić information content (AvgIpc) is 3.05. The zero-order valence-electron chi connectivity index (χ0n) is 15.1. The molecule has 146 valence electrons. The third-order valence-electron chi connectivity index (χ3n) is 4.40. The first-order chi connectivity index (χ1) is 13.3. The summed E-state index contributed by atoms with van der Waals surface area (Å²) < 4.78 is 6.00. The maximum atomic E-state index is 12.3. The molecule has 0 bridgehead atoms. The molecule has 1 atom stereocenters. The number of nitrogens with zero attached hydrogens (tertiary/aromatic N) is 1. The van der Waals surface area contributed by atoms with Crippen molar-refractivity contribution in [3.05, 3.63) is 57.5 Å². The first-order valence-corrected chi connectivity index (χ1v) is 9.79. The first-order valence-electron chi connectivity index (χ1n) is 8.62. The van der Waals surface area contributed by atoms with E-state index in [4.69, 9.17) is 16.3 Å². The van der Waals surface area contributed by atoms with Crippen LogP contribution in [0.1, 0.15) is 12.0 Å². The van der Waals surface area contributed by atoms with E-state index in [1.165, 1.54) is 0 Å². The van der Waals surface area contributed by atoms with Crippen molar-refractivity contribution in [1.29, 1.82) is 0 Å². The van der Waals surface area contributed by atoms with E-state index in [9.17, 15) is 14.4 Å². The molecule has 1 N–H and O–H groups in total. The Morgan fingerprint density at radius 1 is 1.25 bits per heavy atom. The number of anilines is 2. The van der Waals surface area contributed by atoms with E-state index >= 15 is 0 Å². The van der Waals surface area contributed by atoms with Crippen LogP contribution in [0.5, 0.6) is 0 Å². The second-order valence-electron chi connectivity index (χ2n) is 6.50. The van der Waals surface area contributed by atoms with Crippen LogP contribution in [0.15, 0.2) is 46.9 Å². The van der Waals surface area contributed by atoms with Gasteiger partial charge in [0.15, 0.2) is 6.61 Å². The maximum absolute atomic E-state index is 12.3. The van der Waals surface area contributed by atoms with E-state index in [0.717, 1.165) is 15.7 Å². The molecule has 1 aliphatic heterocycles. The number of carbonyl (C=O) groups excluding carboxylic acids is 3. The van der Waals surface area contributed by atoms with Crippen LogP contribution in [0.2, 0.25) is 5.02 Å². The van der Waals surface area contributed by atoms with Crippen LogP contribution in [-0.4, -0.2) is 30.9 Å². The Bertz CT molecular complexity index is 917. The standard InChI is InChI=1S/C20H18BrClN2O4/c1-12-2-5-15(9-17(12)22)23-18(25)11-28-20(27)13-8-19(26)24(10-13)16-6-3-14(21)4-7-16/h2-7,9,13H,8,10-11H2,1H3,(H,23,25)/t13-/m1/s1. The summed E-state index contributed by atoms with van der Waals surface area (Å²) in [6.07, 6.45) is 0.0596. The van der Waals surface area contributed by atoms with Crippen LogP contribution in [0.4, 0.5) is 11.4 Å². The van der Waals surface area contributed by atoms with Gasteiger partial charge in [-0.25, -0.2) is 0 Å². The molecule has 2 aromatic carbocycles. The molecule has 28 heavy (non-hydrogen) atoms. The molecule has 0 unspecified atom stereocenters. The predicted molar refractivity (Wildman–Crippen MR) is 110 cm³/mol. The predicted octanol–water partition coefficient (Wildman–Crippen LogP) is 3.95. The second-order valence-corrected chi connectivity index (χ2v) is 7.82. The van der Waals surface area contributed by atoms with Crippen molar-refractivity contribution < 1.29 is 19.1 Å². The Kier molecular flexibility index (Phi) is 6.36. The molecular weight excluding hydrogens is 448 g/mol. The lowest BCUT2D eigenvalue weighted by atomic mass is 10.1. The fraction of sp³-hybridized carbons (Fsp3) is 0.250. The van der Waals surface area contributed by atoms with Gasteiger partial charge in [-0.2, -0.15) is 0 Å². The highest BCUT2D eigenvalue weighted by Gasteiger charge is 2.36. The molecule has 2 amide bonds. The minimum atomic E-state index is -0.599. The van der Waals surface area contributed by atoms with E-state index in [1.54, 1.807) is 35.2 Å². The number of aryl methyl sites for hydroxylation is 1. The number of ether oxygens (including phenoxy) is 1. The highest BCUT2D eigenvalue weighted by atomic mass is 79.9. The van der Waals surface area contributed by atoms with Crippen molar-refractivity contribution in [1.82, 2.24) is 0 Å². The van der Waals surface area contributed by atoms with Gasteiger partial charge in [-0.3, -0.25) is 14.4 Å². The normalized spacial score (nSPS) is 16.2. The molecule has 1 fully saturated rings. The van der Waals surface area contributed by atoms with Crippen LogP contribution < -0.4 is 10.2 Å². The third-order valence-corrected chi connectivity index (χ3v) is 5.33. The van der Waals surface area contributed by atoms with Crippen molar-refractivity contribution in [3.8, 4) is 0 Å². The van der Waals surface area contributed by atoms with Gasteiger partial charge in [-0.15, -0.1) is 0 Å². The van der Waals surface area contributed by atoms with Gasteiger partial charge in [0.25, 0.3) is 5.91 Å². The van der Waals surface area contributed by atoms with Crippen molar-refractivity contribution in [2.75, 3.05) is 23.4 Å². The van der Waals surface area contributed by atoms with Gasteiger partial charge in [-0.1, -0.05) is 33.6 Å².